The van der Waals surface area contributed by atoms with E-state index in [2.05, 4.69) is 26.2 Å². The lowest BCUT2D eigenvalue weighted by atomic mass is 10.2. The second-order valence-electron chi connectivity index (χ2n) is 3.46. The smallest absolute Gasteiger partial charge is 0.250 e. The van der Waals surface area contributed by atoms with Crippen LogP contribution in [-0.2, 0) is 4.79 Å². The van der Waals surface area contributed by atoms with Gasteiger partial charge < -0.3 is 5.73 Å². The summed E-state index contributed by atoms with van der Waals surface area (Å²) in [4.78, 5) is 15.6. The number of hydrogen-bond donors (Lipinski definition) is 2. The number of hydrogen-bond acceptors (Lipinski definition) is 4. The molecule has 1 amide bonds. The quantitative estimate of drug-likeness (QED) is 0.673. The van der Waals surface area contributed by atoms with Crippen LogP contribution in [0.4, 0.5) is 10.8 Å². The zero-order chi connectivity index (χ0) is 13.0. The third-order valence-corrected chi connectivity index (χ3v) is 3.44. The SMILES string of the molecule is Nc1cccc(/C=C/C(=O)Nc2ncc(Br)s2)c1. The van der Waals surface area contributed by atoms with Crippen molar-refractivity contribution in [2.75, 3.05) is 11.1 Å². The van der Waals surface area contributed by atoms with Crippen molar-refractivity contribution in [3.05, 3.63) is 45.9 Å². The molecule has 0 radical (unpaired) electrons. The van der Waals surface area contributed by atoms with Crippen molar-refractivity contribution in [2.45, 2.75) is 0 Å². The molecule has 18 heavy (non-hydrogen) atoms. The van der Waals surface area contributed by atoms with Crippen molar-refractivity contribution in [3.63, 3.8) is 0 Å². The predicted molar refractivity (Wildman–Crippen MR) is 78.3 cm³/mol. The Morgan fingerprint density at radius 1 is 1.50 bits per heavy atom. The van der Waals surface area contributed by atoms with Crippen molar-refractivity contribution >= 4 is 50.1 Å². The van der Waals surface area contributed by atoms with Gasteiger partial charge in [0.05, 0.1) is 9.98 Å². The second-order valence-corrected chi connectivity index (χ2v) is 5.87. The minimum absolute atomic E-state index is 0.223. The molecular weight excluding hydrogens is 314 g/mol. The van der Waals surface area contributed by atoms with Crippen molar-refractivity contribution in [1.29, 1.82) is 0 Å². The first-order valence-corrected chi connectivity index (χ1v) is 6.70. The van der Waals surface area contributed by atoms with Crippen molar-refractivity contribution in [2.24, 2.45) is 0 Å². The lowest BCUT2D eigenvalue weighted by Gasteiger charge is -1.97. The van der Waals surface area contributed by atoms with E-state index < -0.39 is 0 Å². The van der Waals surface area contributed by atoms with Gasteiger partial charge in [-0.15, -0.1) is 0 Å². The van der Waals surface area contributed by atoms with Crippen LogP contribution >= 0.6 is 27.3 Å². The molecule has 1 aromatic carbocycles. The van der Waals surface area contributed by atoms with Gasteiger partial charge in [0.1, 0.15) is 0 Å². The Morgan fingerprint density at radius 2 is 2.33 bits per heavy atom. The van der Waals surface area contributed by atoms with E-state index in [0.717, 1.165) is 9.35 Å². The number of nitrogens with one attached hydrogen (secondary N) is 1. The molecule has 1 heterocycles. The molecular formula is C12H10BrN3OS. The van der Waals surface area contributed by atoms with Crippen LogP contribution in [0, 0.1) is 0 Å². The van der Waals surface area contributed by atoms with Gasteiger partial charge in [0.2, 0.25) is 5.91 Å². The van der Waals surface area contributed by atoms with Crippen LogP contribution in [0.3, 0.4) is 0 Å². The van der Waals surface area contributed by atoms with Crippen LogP contribution in [0.25, 0.3) is 6.08 Å². The third-order valence-electron chi connectivity index (χ3n) is 2.05. The van der Waals surface area contributed by atoms with Gasteiger partial charge in [-0.05, 0) is 39.7 Å². The minimum Gasteiger partial charge on any atom is -0.399 e. The number of carbonyl (C=O) groups is 1. The maximum atomic E-state index is 11.6. The fraction of sp³-hybridized carbons (Fsp3) is 0. The normalized spacial score (nSPS) is 10.7. The van der Waals surface area contributed by atoms with Crippen LogP contribution in [0.2, 0.25) is 0 Å². The molecule has 1 aromatic heterocycles. The number of nitrogen functional groups attached to an aromatic ring is 1. The Labute approximate surface area is 117 Å². The molecule has 0 saturated carbocycles. The molecule has 0 aliphatic heterocycles. The Morgan fingerprint density at radius 3 is 3.00 bits per heavy atom. The van der Waals surface area contributed by atoms with Gasteiger partial charge in [0, 0.05) is 11.8 Å². The zero-order valence-electron chi connectivity index (χ0n) is 9.26. The van der Waals surface area contributed by atoms with Crippen LogP contribution in [0.15, 0.2) is 40.3 Å². The Bertz CT molecular complexity index is 595. The number of anilines is 2. The predicted octanol–water partition coefficient (Wildman–Crippen LogP) is 3.14. The number of rotatable bonds is 3. The van der Waals surface area contributed by atoms with Crippen LogP contribution in [0.5, 0.6) is 0 Å². The largest absolute Gasteiger partial charge is 0.399 e. The molecule has 0 saturated heterocycles. The maximum Gasteiger partial charge on any atom is 0.250 e. The molecule has 0 unspecified atom stereocenters. The highest BCUT2D eigenvalue weighted by atomic mass is 79.9. The fourth-order valence-electron chi connectivity index (χ4n) is 1.29. The number of aromatic nitrogens is 1. The van der Waals surface area contributed by atoms with E-state index in [1.54, 1.807) is 24.4 Å². The lowest BCUT2D eigenvalue weighted by Crippen LogP contribution is -2.07. The number of nitrogens with two attached hydrogens (primary N) is 1. The van der Waals surface area contributed by atoms with Crippen LogP contribution in [0.1, 0.15) is 5.56 Å². The molecule has 0 spiro atoms. The summed E-state index contributed by atoms with van der Waals surface area (Å²) < 4.78 is 0.873. The summed E-state index contributed by atoms with van der Waals surface area (Å²) >= 11 is 4.64. The van der Waals surface area contributed by atoms with Crippen LogP contribution in [-0.4, -0.2) is 10.9 Å². The highest BCUT2D eigenvalue weighted by Gasteiger charge is 2.02. The van der Waals surface area contributed by atoms with Gasteiger partial charge in [-0.2, -0.15) is 0 Å². The van der Waals surface area contributed by atoms with Crippen molar-refractivity contribution in [3.8, 4) is 0 Å². The van der Waals surface area contributed by atoms with Gasteiger partial charge in [0.25, 0.3) is 0 Å². The van der Waals surface area contributed by atoms with E-state index in [1.807, 2.05) is 12.1 Å². The monoisotopic (exact) mass is 323 g/mol. The van der Waals surface area contributed by atoms with E-state index in [9.17, 15) is 4.79 Å². The molecule has 0 bridgehead atoms. The minimum atomic E-state index is -0.223. The molecule has 0 aliphatic carbocycles. The molecule has 0 aliphatic rings. The zero-order valence-corrected chi connectivity index (χ0v) is 11.7. The summed E-state index contributed by atoms with van der Waals surface area (Å²) in [5.41, 5.74) is 7.19. The van der Waals surface area contributed by atoms with Gasteiger partial charge >= 0.3 is 0 Å². The highest BCUT2D eigenvalue weighted by Crippen LogP contribution is 2.23. The first-order chi connectivity index (χ1) is 8.63. The Hall–Kier alpha value is -1.66. The lowest BCUT2D eigenvalue weighted by molar-refractivity contribution is -0.111. The van der Waals surface area contributed by atoms with Gasteiger partial charge in [0.15, 0.2) is 5.13 Å². The molecule has 0 fully saturated rings. The van der Waals surface area contributed by atoms with Gasteiger partial charge in [-0.1, -0.05) is 23.5 Å². The average Bonchev–Trinajstić information content (AvgIpc) is 2.72. The Kier molecular flexibility index (Phi) is 4.11. The molecule has 92 valence electrons. The molecule has 3 N–H and O–H groups in total. The number of benzene rings is 1. The van der Waals surface area contributed by atoms with Gasteiger partial charge in [-0.3, -0.25) is 10.1 Å². The van der Waals surface area contributed by atoms with E-state index in [-0.39, 0.29) is 5.91 Å². The molecule has 2 aromatic rings. The van der Waals surface area contributed by atoms with E-state index in [1.165, 1.54) is 17.4 Å². The molecule has 6 heteroatoms. The van der Waals surface area contributed by atoms with E-state index >= 15 is 0 Å². The number of nitrogens with zero attached hydrogens (tertiary/aromatic N) is 1. The molecule has 0 atom stereocenters. The van der Waals surface area contributed by atoms with Crippen LogP contribution < -0.4 is 11.1 Å². The summed E-state index contributed by atoms with van der Waals surface area (Å²) in [7, 11) is 0. The van der Waals surface area contributed by atoms with Crippen molar-refractivity contribution in [1.82, 2.24) is 4.98 Å². The number of carbonyl (C=O) groups excluding carboxylic acids is 1. The maximum absolute atomic E-state index is 11.6. The first kappa shape index (κ1) is 12.8. The van der Waals surface area contributed by atoms with Gasteiger partial charge in [-0.25, -0.2) is 4.98 Å². The molecule has 2 rings (SSSR count). The summed E-state index contributed by atoms with van der Waals surface area (Å²) in [6.45, 7) is 0. The average molecular weight is 324 g/mol. The number of amides is 1. The topological polar surface area (TPSA) is 68.0 Å². The summed E-state index contributed by atoms with van der Waals surface area (Å²) in [5.74, 6) is -0.223. The van der Waals surface area contributed by atoms with E-state index in [0.29, 0.717) is 10.8 Å². The standard InChI is InChI=1S/C12H10BrN3OS/c13-10-7-15-12(18-10)16-11(17)5-4-8-2-1-3-9(14)6-8/h1-7H,14H2,(H,15,16,17)/b5-4+. The van der Waals surface area contributed by atoms with E-state index in [4.69, 9.17) is 5.73 Å². The summed E-state index contributed by atoms with van der Waals surface area (Å²) in [6, 6.07) is 7.30. The van der Waals surface area contributed by atoms with Crippen molar-refractivity contribution < 1.29 is 4.79 Å². The number of halogens is 1. The first-order valence-electron chi connectivity index (χ1n) is 5.09. The Balaban J connectivity index is 1.99. The second kappa shape index (κ2) is 5.79. The summed E-state index contributed by atoms with van der Waals surface area (Å²) in [6.07, 6.45) is 4.79. The molecule has 4 nitrogen and oxygen atoms in total. The third kappa shape index (κ3) is 3.68. The fourth-order valence-corrected chi connectivity index (χ4v) is 2.40. The number of thiazole rings is 1. The summed E-state index contributed by atoms with van der Waals surface area (Å²) in [5, 5.41) is 3.23. The highest BCUT2D eigenvalue weighted by molar-refractivity contribution is 9.11.